The smallest absolute Gasteiger partial charge is 0.0931 e. The molecule has 0 aromatic heterocycles. The lowest BCUT2D eigenvalue weighted by atomic mass is 10.0. The molecule has 0 radical (unpaired) electrons. The van der Waals surface area contributed by atoms with Crippen LogP contribution in [0.25, 0.3) is 0 Å². The minimum atomic E-state index is -0.379. The molecule has 16 heavy (non-hydrogen) atoms. The van der Waals surface area contributed by atoms with Crippen LogP contribution in [0, 0.1) is 17.2 Å². The van der Waals surface area contributed by atoms with Crippen molar-refractivity contribution in [2.24, 2.45) is 11.7 Å². The molecule has 0 aliphatic rings. The summed E-state index contributed by atoms with van der Waals surface area (Å²) in [7, 11) is 0. The van der Waals surface area contributed by atoms with Crippen LogP contribution in [0.1, 0.15) is 18.9 Å². The van der Waals surface area contributed by atoms with E-state index in [2.05, 4.69) is 0 Å². The Bertz CT molecular complexity index is 332. The van der Waals surface area contributed by atoms with Crippen molar-refractivity contribution in [2.75, 3.05) is 6.61 Å². The van der Waals surface area contributed by atoms with E-state index < -0.39 is 0 Å². The monoisotopic (exact) mass is 218 g/mol. The summed E-state index contributed by atoms with van der Waals surface area (Å²) in [6, 6.07) is 11.7. The highest BCUT2D eigenvalue weighted by atomic mass is 16.5. The number of hydrogen-bond acceptors (Lipinski definition) is 3. The fraction of sp³-hybridized carbons (Fsp3) is 0.462. The number of ether oxygens (including phenoxy) is 1. The van der Waals surface area contributed by atoms with E-state index in [-0.39, 0.29) is 6.04 Å². The Morgan fingerprint density at radius 2 is 2.06 bits per heavy atom. The molecule has 0 aliphatic heterocycles. The van der Waals surface area contributed by atoms with Crippen LogP contribution in [-0.2, 0) is 11.3 Å². The molecule has 1 aromatic rings. The Labute approximate surface area is 96.8 Å². The summed E-state index contributed by atoms with van der Waals surface area (Å²) in [5.74, 6) is 0.318. The minimum Gasteiger partial charge on any atom is -0.376 e. The highest BCUT2D eigenvalue weighted by Crippen LogP contribution is 2.07. The van der Waals surface area contributed by atoms with Crippen molar-refractivity contribution < 1.29 is 4.74 Å². The largest absolute Gasteiger partial charge is 0.376 e. The van der Waals surface area contributed by atoms with Gasteiger partial charge in [-0.15, -0.1) is 0 Å². The summed E-state index contributed by atoms with van der Waals surface area (Å²) in [5.41, 5.74) is 6.71. The molecule has 0 saturated heterocycles. The number of nitrogens with two attached hydrogens (primary N) is 1. The zero-order valence-corrected chi connectivity index (χ0v) is 9.60. The van der Waals surface area contributed by atoms with Crippen LogP contribution in [0.3, 0.4) is 0 Å². The molecular formula is C13H18N2O. The standard InChI is InChI=1S/C13H18N2O/c1-11(7-13(15)8-14)9-16-10-12-5-3-2-4-6-12/h2-6,11,13H,7,9-10,15H2,1H3/t11-,13+/m1/s1. The predicted octanol–water partition coefficient (Wildman–Crippen LogP) is 2.08. The first-order valence-corrected chi connectivity index (χ1v) is 5.49. The van der Waals surface area contributed by atoms with Crippen LogP contribution in [0.2, 0.25) is 0 Å². The van der Waals surface area contributed by atoms with Crippen molar-refractivity contribution >= 4 is 0 Å². The van der Waals surface area contributed by atoms with E-state index in [0.717, 1.165) is 0 Å². The lowest BCUT2D eigenvalue weighted by Gasteiger charge is -2.12. The second-order valence-electron chi connectivity index (χ2n) is 4.08. The molecular weight excluding hydrogens is 200 g/mol. The highest BCUT2D eigenvalue weighted by molar-refractivity contribution is 5.13. The maximum atomic E-state index is 8.57. The first kappa shape index (κ1) is 12.7. The lowest BCUT2D eigenvalue weighted by molar-refractivity contribution is 0.0888. The van der Waals surface area contributed by atoms with Gasteiger partial charge in [0.25, 0.3) is 0 Å². The number of rotatable bonds is 6. The van der Waals surface area contributed by atoms with Gasteiger partial charge in [-0.1, -0.05) is 37.3 Å². The van der Waals surface area contributed by atoms with Gasteiger partial charge in [0, 0.05) is 6.61 Å². The van der Waals surface area contributed by atoms with Crippen LogP contribution in [0.5, 0.6) is 0 Å². The molecule has 0 saturated carbocycles. The Kier molecular flexibility index (Phi) is 5.55. The van der Waals surface area contributed by atoms with Crippen LogP contribution in [0.4, 0.5) is 0 Å². The van der Waals surface area contributed by atoms with Gasteiger partial charge in [0.05, 0.1) is 18.7 Å². The lowest BCUT2D eigenvalue weighted by Crippen LogP contribution is -2.22. The Balaban J connectivity index is 2.19. The van der Waals surface area contributed by atoms with Crippen molar-refractivity contribution in [3.63, 3.8) is 0 Å². The molecule has 0 aliphatic carbocycles. The van der Waals surface area contributed by atoms with Gasteiger partial charge in [-0.2, -0.15) is 5.26 Å². The number of hydrogen-bond donors (Lipinski definition) is 1. The molecule has 0 bridgehead atoms. The zero-order chi connectivity index (χ0) is 11.8. The van der Waals surface area contributed by atoms with E-state index in [0.29, 0.717) is 25.6 Å². The average molecular weight is 218 g/mol. The summed E-state index contributed by atoms with van der Waals surface area (Å²) < 4.78 is 5.56. The maximum Gasteiger partial charge on any atom is 0.0931 e. The Morgan fingerprint density at radius 1 is 1.38 bits per heavy atom. The molecule has 1 aromatic carbocycles. The fourth-order valence-electron chi connectivity index (χ4n) is 1.51. The van der Waals surface area contributed by atoms with E-state index in [9.17, 15) is 0 Å². The second-order valence-corrected chi connectivity index (χ2v) is 4.08. The number of nitrogens with zero attached hydrogens (tertiary/aromatic N) is 1. The van der Waals surface area contributed by atoms with Crippen LogP contribution in [-0.4, -0.2) is 12.6 Å². The summed E-state index contributed by atoms with van der Waals surface area (Å²) in [5, 5.41) is 8.57. The minimum absolute atomic E-state index is 0.318. The van der Waals surface area contributed by atoms with E-state index in [1.54, 1.807) is 0 Å². The predicted molar refractivity (Wildman–Crippen MR) is 63.5 cm³/mol. The highest BCUT2D eigenvalue weighted by Gasteiger charge is 2.08. The van der Waals surface area contributed by atoms with Gasteiger partial charge >= 0.3 is 0 Å². The maximum absolute atomic E-state index is 8.57. The Hall–Kier alpha value is -1.37. The number of benzene rings is 1. The zero-order valence-electron chi connectivity index (χ0n) is 9.60. The van der Waals surface area contributed by atoms with Gasteiger partial charge in [-0.05, 0) is 17.9 Å². The van der Waals surface area contributed by atoms with Gasteiger partial charge in [0.1, 0.15) is 0 Å². The molecule has 0 heterocycles. The van der Waals surface area contributed by atoms with Crippen molar-refractivity contribution in [3.8, 4) is 6.07 Å². The molecule has 2 atom stereocenters. The first-order valence-electron chi connectivity index (χ1n) is 5.49. The van der Waals surface area contributed by atoms with Crippen molar-refractivity contribution in [1.82, 2.24) is 0 Å². The molecule has 3 nitrogen and oxygen atoms in total. The van der Waals surface area contributed by atoms with E-state index >= 15 is 0 Å². The molecule has 3 heteroatoms. The third kappa shape index (κ3) is 4.92. The van der Waals surface area contributed by atoms with Gasteiger partial charge < -0.3 is 10.5 Å². The molecule has 1 rings (SSSR count). The summed E-state index contributed by atoms with van der Waals surface area (Å²) in [6.45, 7) is 3.30. The van der Waals surface area contributed by atoms with Gasteiger partial charge in [0.2, 0.25) is 0 Å². The third-order valence-corrected chi connectivity index (χ3v) is 2.34. The van der Waals surface area contributed by atoms with Crippen LogP contribution in [0.15, 0.2) is 30.3 Å². The molecule has 86 valence electrons. The van der Waals surface area contributed by atoms with E-state index in [4.69, 9.17) is 15.7 Å². The summed E-state index contributed by atoms with van der Waals surface area (Å²) in [6.07, 6.45) is 0.686. The molecule has 0 unspecified atom stereocenters. The molecule has 2 N–H and O–H groups in total. The SMILES string of the molecule is C[C@@H](COCc1ccccc1)C[C@H](N)C#N. The summed E-state index contributed by atoms with van der Waals surface area (Å²) in [4.78, 5) is 0. The first-order chi connectivity index (χ1) is 7.72. The molecule has 0 fully saturated rings. The topological polar surface area (TPSA) is 59.0 Å². The summed E-state index contributed by atoms with van der Waals surface area (Å²) >= 11 is 0. The average Bonchev–Trinajstić information content (AvgIpc) is 2.30. The second kappa shape index (κ2) is 7.00. The van der Waals surface area contributed by atoms with Crippen LogP contribution >= 0.6 is 0 Å². The number of nitriles is 1. The van der Waals surface area contributed by atoms with Crippen molar-refractivity contribution in [3.05, 3.63) is 35.9 Å². The molecule has 0 spiro atoms. The normalized spacial score (nSPS) is 14.1. The third-order valence-electron chi connectivity index (χ3n) is 2.34. The Morgan fingerprint density at radius 3 is 2.69 bits per heavy atom. The fourth-order valence-corrected chi connectivity index (χ4v) is 1.51. The van der Waals surface area contributed by atoms with Crippen molar-refractivity contribution in [1.29, 1.82) is 5.26 Å². The van der Waals surface area contributed by atoms with Gasteiger partial charge in [-0.3, -0.25) is 0 Å². The van der Waals surface area contributed by atoms with Gasteiger partial charge in [-0.25, -0.2) is 0 Å². The quantitative estimate of drug-likeness (QED) is 0.795. The van der Waals surface area contributed by atoms with Crippen LogP contribution < -0.4 is 5.73 Å². The van der Waals surface area contributed by atoms with Crippen molar-refractivity contribution in [2.45, 2.75) is 26.0 Å². The molecule has 0 amide bonds. The van der Waals surface area contributed by atoms with E-state index in [1.807, 2.05) is 43.3 Å². The van der Waals surface area contributed by atoms with E-state index in [1.165, 1.54) is 5.56 Å². The van der Waals surface area contributed by atoms with Gasteiger partial charge in [0.15, 0.2) is 0 Å².